The molecule has 0 aromatic heterocycles. The summed E-state index contributed by atoms with van der Waals surface area (Å²) in [4.78, 5) is 12.2. The Bertz CT molecular complexity index is 856. The fourth-order valence-electron chi connectivity index (χ4n) is 3.13. The van der Waals surface area contributed by atoms with E-state index in [9.17, 15) is 13.2 Å². The maximum absolute atomic E-state index is 12.2. The van der Waals surface area contributed by atoms with Gasteiger partial charge in [-0.2, -0.15) is 0 Å². The lowest BCUT2D eigenvalue weighted by Gasteiger charge is -2.09. The van der Waals surface area contributed by atoms with Crippen LogP contribution in [0.3, 0.4) is 0 Å². The highest BCUT2D eigenvalue weighted by molar-refractivity contribution is 7.89. The first-order valence-corrected chi connectivity index (χ1v) is 10.2. The number of benzene rings is 2. The van der Waals surface area contributed by atoms with E-state index in [2.05, 4.69) is 22.8 Å². The zero-order valence-electron chi connectivity index (χ0n) is 14.4. The van der Waals surface area contributed by atoms with Crippen LogP contribution < -0.4 is 15.8 Å². The molecule has 0 radical (unpaired) electrons. The quantitative estimate of drug-likeness (QED) is 0.717. The van der Waals surface area contributed by atoms with Crippen molar-refractivity contribution in [2.75, 3.05) is 18.4 Å². The number of carbonyl (C=O) groups is 1. The molecule has 1 unspecified atom stereocenters. The highest BCUT2D eigenvalue weighted by Gasteiger charge is 2.14. The molecule has 2 aromatic rings. The third-order valence-corrected chi connectivity index (χ3v) is 5.47. The maximum Gasteiger partial charge on any atom is 0.238 e. The molecule has 4 N–H and O–H groups in total. The molecule has 0 bridgehead atoms. The van der Waals surface area contributed by atoms with E-state index in [1.807, 2.05) is 12.1 Å². The number of primary sulfonamides is 1. The van der Waals surface area contributed by atoms with Crippen molar-refractivity contribution in [1.29, 1.82) is 0 Å². The molecular formula is C19H23N3O3S. The Morgan fingerprint density at radius 1 is 1.08 bits per heavy atom. The van der Waals surface area contributed by atoms with Crippen molar-refractivity contribution in [2.45, 2.75) is 24.2 Å². The van der Waals surface area contributed by atoms with Crippen LogP contribution in [0.4, 0.5) is 5.69 Å². The highest BCUT2D eigenvalue weighted by atomic mass is 32.2. The molecular weight excluding hydrogens is 350 g/mol. The zero-order valence-corrected chi connectivity index (χ0v) is 15.3. The summed E-state index contributed by atoms with van der Waals surface area (Å²) in [6.07, 6.45) is 2.55. The van der Waals surface area contributed by atoms with E-state index in [-0.39, 0.29) is 17.2 Å². The van der Waals surface area contributed by atoms with Gasteiger partial charge in [0.2, 0.25) is 15.9 Å². The predicted molar refractivity (Wildman–Crippen MR) is 101 cm³/mol. The number of anilines is 1. The molecule has 7 heteroatoms. The van der Waals surface area contributed by atoms with Gasteiger partial charge in [-0.1, -0.05) is 24.3 Å². The third-order valence-electron chi connectivity index (χ3n) is 4.54. The molecule has 1 heterocycles. The Morgan fingerprint density at radius 2 is 1.73 bits per heavy atom. The van der Waals surface area contributed by atoms with Crippen molar-refractivity contribution in [1.82, 2.24) is 5.32 Å². The van der Waals surface area contributed by atoms with Crippen LogP contribution in [0.2, 0.25) is 0 Å². The number of carbonyl (C=O) groups excluding carboxylic acids is 1. The second-order valence-corrected chi connectivity index (χ2v) is 8.24. The molecule has 1 aliphatic heterocycles. The van der Waals surface area contributed by atoms with Gasteiger partial charge in [-0.15, -0.1) is 0 Å². The third kappa shape index (κ3) is 5.14. The summed E-state index contributed by atoms with van der Waals surface area (Å²) in [5.74, 6) is 0.547. The first-order chi connectivity index (χ1) is 12.4. The van der Waals surface area contributed by atoms with Gasteiger partial charge in [0.1, 0.15) is 0 Å². The number of rotatable bonds is 6. The lowest BCUT2D eigenvalue weighted by molar-refractivity contribution is -0.115. The normalized spacial score (nSPS) is 17.2. The lowest BCUT2D eigenvalue weighted by atomic mass is 9.97. The molecule has 2 aromatic carbocycles. The Hall–Kier alpha value is -2.22. The van der Waals surface area contributed by atoms with Gasteiger partial charge in [-0.25, -0.2) is 13.6 Å². The molecule has 3 rings (SSSR count). The van der Waals surface area contributed by atoms with Crippen LogP contribution in [-0.4, -0.2) is 27.4 Å². The fourth-order valence-corrected chi connectivity index (χ4v) is 3.65. The molecule has 0 spiro atoms. The Labute approximate surface area is 153 Å². The van der Waals surface area contributed by atoms with Gasteiger partial charge in [0.15, 0.2) is 0 Å². The average molecular weight is 373 g/mol. The minimum atomic E-state index is -3.73. The predicted octanol–water partition coefficient (Wildman–Crippen LogP) is 1.67. The summed E-state index contributed by atoms with van der Waals surface area (Å²) in [6, 6.07) is 13.9. The zero-order chi connectivity index (χ0) is 18.6. The standard InChI is InChI=1S/C19H23N3O3S/c20-26(24,25)18-7-5-17(6-8-18)22-19(23)12-15-3-1-14(2-4-15)11-16-9-10-21-13-16/h1-8,16,21H,9-13H2,(H,22,23)(H2,20,24,25). The number of nitrogens with two attached hydrogens (primary N) is 1. The largest absolute Gasteiger partial charge is 0.326 e. The first kappa shape index (κ1) is 18.6. The van der Waals surface area contributed by atoms with Crippen molar-refractivity contribution < 1.29 is 13.2 Å². The maximum atomic E-state index is 12.2. The molecule has 0 saturated carbocycles. The van der Waals surface area contributed by atoms with Gasteiger partial charge in [0.05, 0.1) is 11.3 Å². The number of sulfonamides is 1. The molecule has 1 amide bonds. The summed E-state index contributed by atoms with van der Waals surface area (Å²) in [5, 5.41) is 11.2. The molecule has 1 atom stereocenters. The molecule has 1 fully saturated rings. The monoisotopic (exact) mass is 373 g/mol. The van der Waals surface area contributed by atoms with Crippen LogP contribution in [0.5, 0.6) is 0 Å². The SMILES string of the molecule is NS(=O)(=O)c1ccc(NC(=O)Cc2ccc(CC3CCNC3)cc2)cc1. The highest BCUT2D eigenvalue weighted by Crippen LogP contribution is 2.17. The topological polar surface area (TPSA) is 101 Å². The van der Waals surface area contributed by atoms with Crippen molar-refractivity contribution in [3.05, 3.63) is 59.7 Å². The smallest absolute Gasteiger partial charge is 0.238 e. The minimum absolute atomic E-state index is 0.0172. The molecule has 1 aliphatic rings. The summed E-state index contributed by atoms with van der Waals surface area (Å²) in [5.41, 5.74) is 2.77. The van der Waals surface area contributed by atoms with Crippen molar-refractivity contribution in [2.24, 2.45) is 11.1 Å². The van der Waals surface area contributed by atoms with Gasteiger partial charge >= 0.3 is 0 Å². The Balaban J connectivity index is 1.54. The van der Waals surface area contributed by atoms with Crippen molar-refractivity contribution in [3.8, 4) is 0 Å². The molecule has 26 heavy (non-hydrogen) atoms. The molecule has 138 valence electrons. The second-order valence-electron chi connectivity index (χ2n) is 6.67. The Morgan fingerprint density at radius 3 is 2.31 bits per heavy atom. The van der Waals surface area contributed by atoms with Crippen LogP contribution in [-0.2, 0) is 27.7 Å². The average Bonchev–Trinajstić information content (AvgIpc) is 3.09. The van der Waals surface area contributed by atoms with E-state index in [1.54, 1.807) is 0 Å². The number of hydrogen-bond donors (Lipinski definition) is 3. The van der Waals surface area contributed by atoms with E-state index in [4.69, 9.17) is 5.14 Å². The second kappa shape index (κ2) is 7.99. The summed E-state index contributed by atoms with van der Waals surface area (Å²) < 4.78 is 22.5. The van der Waals surface area contributed by atoms with Gasteiger partial charge in [-0.3, -0.25) is 4.79 Å². The molecule has 6 nitrogen and oxygen atoms in total. The van der Waals surface area contributed by atoms with Gasteiger partial charge in [0, 0.05) is 5.69 Å². The van der Waals surface area contributed by atoms with E-state index in [0.29, 0.717) is 11.6 Å². The number of amides is 1. The van der Waals surface area contributed by atoms with Gasteiger partial charge in [-0.05, 0) is 67.2 Å². The van der Waals surface area contributed by atoms with Crippen LogP contribution >= 0.6 is 0 Å². The van der Waals surface area contributed by atoms with Crippen LogP contribution in [0.25, 0.3) is 0 Å². The molecule has 0 aliphatic carbocycles. The first-order valence-electron chi connectivity index (χ1n) is 8.61. The van der Waals surface area contributed by atoms with E-state index >= 15 is 0 Å². The van der Waals surface area contributed by atoms with Crippen LogP contribution in [0.1, 0.15) is 17.5 Å². The van der Waals surface area contributed by atoms with E-state index in [1.165, 1.54) is 36.2 Å². The van der Waals surface area contributed by atoms with Crippen LogP contribution in [0.15, 0.2) is 53.4 Å². The summed E-state index contributed by atoms with van der Waals surface area (Å²) >= 11 is 0. The van der Waals surface area contributed by atoms with Crippen LogP contribution in [0, 0.1) is 5.92 Å². The number of hydrogen-bond acceptors (Lipinski definition) is 4. The lowest BCUT2D eigenvalue weighted by Crippen LogP contribution is -2.15. The number of nitrogens with one attached hydrogen (secondary N) is 2. The summed E-state index contributed by atoms with van der Waals surface area (Å²) in [6.45, 7) is 2.18. The Kier molecular flexibility index (Phi) is 5.70. The van der Waals surface area contributed by atoms with E-state index in [0.717, 1.165) is 25.1 Å². The van der Waals surface area contributed by atoms with Crippen molar-refractivity contribution >= 4 is 21.6 Å². The van der Waals surface area contributed by atoms with Gasteiger partial charge < -0.3 is 10.6 Å². The van der Waals surface area contributed by atoms with Crippen molar-refractivity contribution in [3.63, 3.8) is 0 Å². The molecule has 1 saturated heterocycles. The minimum Gasteiger partial charge on any atom is -0.326 e. The summed E-state index contributed by atoms with van der Waals surface area (Å²) in [7, 11) is -3.73. The van der Waals surface area contributed by atoms with Gasteiger partial charge in [0.25, 0.3) is 0 Å². The van der Waals surface area contributed by atoms with E-state index < -0.39 is 10.0 Å². The fraction of sp³-hybridized carbons (Fsp3) is 0.316.